The number of carbonyl (C=O) groups excluding carboxylic acids is 1. The molecule has 0 N–H and O–H groups in total. The fraction of sp³-hybridized carbons (Fsp3) is 0.267. The van der Waals surface area contributed by atoms with Crippen molar-refractivity contribution < 1.29 is 4.79 Å². The quantitative estimate of drug-likeness (QED) is 0.263. The van der Waals surface area contributed by atoms with Gasteiger partial charge in [0.15, 0.2) is 0 Å². The molecule has 2 rings (SSSR count). The SMILES string of the molecule is C#CCCCN1C/C(=C/[Se]c2ccccc2)C1=O. The maximum absolute atomic E-state index is 11.8. The number of hydrogen-bond acceptors (Lipinski definition) is 1. The zero-order chi connectivity index (χ0) is 12.8. The van der Waals surface area contributed by atoms with Crippen LogP contribution in [0.2, 0.25) is 0 Å². The summed E-state index contributed by atoms with van der Waals surface area (Å²) in [5.41, 5.74) is 0.958. The Hall–Kier alpha value is -1.49. The summed E-state index contributed by atoms with van der Waals surface area (Å²) in [6.07, 6.45) is 6.83. The number of terminal acetylenes is 1. The molecule has 0 atom stereocenters. The molecule has 1 aliphatic rings. The predicted octanol–water partition coefficient (Wildman–Crippen LogP) is 1.16. The summed E-state index contributed by atoms with van der Waals surface area (Å²) < 4.78 is 1.30. The van der Waals surface area contributed by atoms with Gasteiger partial charge >= 0.3 is 114 Å². The second kappa shape index (κ2) is 6.44. The molecule has 1 aliphatic heterocycles. The molecular weight excluding hydrogens is 289 g/mol. The summed E-state index contributed by atoms with van der Waals surface area (Å²) in [5.74, 6) is 2.78. The molecule has 0 radical (unpaired) electrons. The number of rotatable bonds is 5. The number of likely N-dealkylation sites (tertiary alicyclic amines) is 1. The molecule has 0 saturated carbocycles. The van der Waals surface area contributed by atoms with Crippen LogP contribution in [0.1, 0.15) is 12.8 Å². The molecule has 0 bridgehead atoms. The average molecular weight is 304 g/mol. The van der Waals surface area contributed by atoms with Crippen LogP contribution in [0.4, 0.5) is 0 Å². The minimum absolute atomic E-state index is 0.185. The number of unbranched alkanes of at least 4 members (excludes halogenated alkanes) is 1. The van der Waals surface area contributed by atoms with Crippen molar-refractivity contribution in [2.24, 2.45) is 0 Å². The molecule has 1 heterocycles. The topological polar surface area (TPSA) is 20.3 Å². The first kappa shape index (κ1) is 13.0. The van der Waals surface area contributed by atoms with E-state index >= 15 is 0 Å². The molecule has 0 aromatic heterocycles. The Morgan fingerprint density at radius 3 is 2.83 bits per heavy atom. The Morgan fingerprint density at radius 1 is 1.39 bits per heavy atom. The Labute approximate surface area is 114 Å². The van der Waals surface area contributed by atoms with E-state index in [4.69, 9.17) is 6.42 Å². The van der Waals surface area contributed by atoms with Gasteiger partial charge in [0, 0.05) is 0 Å². The summed E-state index contributed by atoms with van der Waals surface area (Å²) in [5, 5.41) is 0. The van der Waals surface area contributed by atoms with Gasteiger partial charge in [0.2, 0.25) is 0 Å². The molecule has 0 aliphatic carbocycles. The van der Waals surface area contributed by atoms with Crippen molar-refractivity contribution in [1.29, 1.82) is 0 Å². The third-order valence-electron chi connectivity index (χ3n) is 2.75. The van der Waals surface area contributed by atoms with Crippen LogP contribution in [0.15, 0.2) is 40.9 Å². The number of amides is 1. The summed E-state index contributed by atoms with van der Waals surface area (Å²) in [4.78, 5) is 15.8. The van der Waals surface area contributed by atoms with Crippen molar-refractivity contribution in [2.75, 3.05) is 13.1 Å². The van der Waals surface area contributed by atoms with Crippen LogP contribution in [0.25, 0.3) is 0 Å². The second-order valence-corrected chi connectivity index (χ2v) is 6.09. The van der Waals surface area contributed by atoms with Crippen LogP contribution in [-0.2, 0) is 4.79 Å². The van der Waals surface area contributed by atoms with E-state index in [9.17, 15) is 4.79 Å². The summed E-state index contributed by atoms with van der Waals surface area (Å²) in [7, 11) is 0. The van der Waals surface area contributed by atoms with Crippen LogP contribution in [-0.4, -0.2) is 38.9 Å². The second-order valence-electron chi connectivity index (χ2n) is 4.11. The standard InChI is InChI=1S/C15H15NOSe/c1-2-3-7-10-16-11-13(15(16)17)12-18-14-8-5-4-6-9-14/h1,4-6,8-9,12H,3,7,10-11H2/b13-12-. The van der Waals surface area contributed by atoms with E-state index in [0.29, 0.717) is 0 Å². The molecule has 1 fully saturated rings. The van der Waals surface area contributed by atoms with E-state index < -0.39 is 0 Å². The van der Waals surface area contributed by atoms with Gasteiger partial charge in [-0.15, -0.1) is 0 Å². The predicted molar refractivity (Wildman–Crippen MR) is 74.6 cm³/mol. The first-order valence-corrected chi connectivity index (χ1v) is 7.79. The summed E-state index contributed by atoms with van der Waals surface area (Å²) >= 11 is 0.261. The van der Waals surface area contributed by atoms with Gasteiger partial charge in [-0.3, -0.25) is 0 Å². The van der Waals surface area contributed by atoms with E-state index in [1.807, 2.05) is 23.1 Å². The van der Waals surface area contributed by atoms with Gasteiger partial charge in [-0.05, 0) is 0 Å². The van der Waals surface area contributed by atoms with Gasteiger partial charge < -0.3 is 0 Å². The number of nitrogens with zero attached hydrogens (tertiary/aromatic N) is 1. The van der Waals surface area contributed by atoms with E-state index in [0.717, 1.165) is 31.5 Å². The van der Waals surface area contributed by atoms with Crippen molar-refractivity contribution in [3.63, 3.8) is 0 Å². The third-order valence-corrected chi connectivity index (χ3v) is 4.74. The van der Waals surface area contributed by atoms with Crippen molar-refractivity contribution >= 4 is 25.3 Å². The van der Waals surface area contributed by atoms with Gasteiger partial charge in [-0.1, -0.05) is 0 Å². The van der Waals surface area contributed by atoms with E-state index in [-0.39, 0.29) is 20.9 Å². The molecule has 3 heteroatoms. The molecule has 2 nitrogen and oxygen atoms in total. The Morgan fingerprint density at radius 2 is 2.17 bits per heavy atom. The molecule has 1 amide bonds. The summed E-state index contributed by atoms with van der Waals surface area (Å²) in [6, 6.07) is 10.3. The monoisotopic (exact) mass is 305 g/mol. The van der Waals surface area contributed by atoms with Crippen molar-refractivity contribution in [1.82, 2.24) is 4.90 Å². The molecule has 92 valence electrons. The van der Waals surface area contributed by atoms with Gasteiger partial charge in [0.05, 0.1) is 0 Å². The molecule has 18 heavy (non-hydrogen) atoms. The number of benzene rings is 1. The fourth-order valence-electron chi connectivity index (χ4n) is 1.74. The van der Waals surface area contributed by atoms with Crippen molar-refractivity contribution in [2.45, 2.75) is 12.8 Å². The van der Waals surface area contributed by atoms with E-state index in [1.165, 1.54) is 4.46 Å². The zero-order valence-corrected chi connectivity index (χ0v) is 11.8. The van der Waals surface area contributed by atoms with Crippen LogP contribution in [0.5, 0.6) is 0 Å². The number of β-lactam (4-membered cyclic amide) rings is 1. The Bertz CT molecular complexity index is 487. The van der Waals surface area contributed by atoms with Gasteiger partial charge in [-0.2, -0.15) is 0 Å². The van der Waals surface area contributed by atoms with Crippen molar-refractivity contribution in [3.05, 3.63) is 40.9 Å². The molecule has 1 aromatic carbocycles. The van der Waals surface area contributed by atoms with Gasteiger partial charge in [-0.25, -0.2) is 0 Å². The molecule has 0 unspecified atom stereocenters. The third kappa shape index (κ3) is 3.26. The van der Waals surface area contributed by atoms with Gasteiger partial charge in [0.1, 0.15) is 0 Å². The van der Waals surface area contributed by atoms with E-state index in [2.05, 4.69) is 23.0 Å². The van der Waals surface area contributed by atoms with Gasteiger partial charge in [0.25, 0.3) is 0 Å². The Kier molecular flexibility index (Phi) is 4.64. The molecule has 0 spiro atoms. The van der Waals surface area contributed by atoms with Crippen LogP contribution >= 0.6 is 0 Å². The number of hydrogen-bond donors (Lipinski definition) is 0. The van der Waals surface area contributed by atoms with Crippen molar-refractivity contribution in [3.8, 4) is 12.3 Å². The molecule has 1 saturated heterocycles. The zero-order valence-electron chi connectivity index (χ0n) is 10.1. The average Bonchev–Trinajstić information content (AvgIpc) is 2.42. The molecular formula is C15H15NOSe. The summed E-state index contributed by atoms with van der Waals surface area (Å²) in [6.45, 7) is 1.58. The normalized spacial score (nSPS) is 16.5. The maximum atomic E-state index is 11.8. The van der Waals surface area contributed by atoms with E-state index in [1.54, 1.807) is 0 Å². The first-order valence-electron chi connectivity index (χ1n) is 5.95. The number of carbonyl (C=O) groups is 1. The Balaban J connectivity index is 1.80. The first-order chi connectivity index (χ1) is 8.81. The fourth-order valence-corrected chi connectivity index (χ4v) is 3.35. The molecule has 1 aromatic rings. The van der Waals surface area contributed by atoms with Crippen LogP contribution in [0, 0.1) is 12.3 Å². The minimum atomic E-state index is 0.185. The van der Waals surface area contributed by atoms with Crippen LogP contribution < -0.4 is 4.46 Å². The van der Waals surface area contributed by atoms with Crippen LogP contribution in [0.3, 0.4) is 0 Å².